The molecule has 0 spiro atoms. The van der Waals surface area contributed by atoms with E-state index in [0.29, 0.717) is 30.2 Å². The number of amides is 1. The standard InChI is InChI=1S/C22H22N2O5/c1-26-17-4-6-19-15(9-17)7-14(12-28-19)8-22(25)24-16-3-5-18(20(10-16)27-2)21-11-23-13-29-21/h3-6,9-11,13-14H,7-8,12H2,1-2H3,(H,24,25). The largest absolute Gasteiger partial charge is 0.497 e. The van der Waals surface area contributed by atoms with Gasteiger partial charge < -0.3 is 23.9 Å². The summed E-state index contributed by atoms with van der Waals surface area (Å²) in [5, 5.41) is 2.94. The molecular weight excluding hydrogens is 372 g/mol. The van der Waals surface area contributed by atoms with Crippen LogP contribution in [0.25, 0.3) is 11.3 Å². The molecule has 3 aromatic rings. The van der Waals surface area contributed by atoms with Gasteiger partial charge in [0.2, 0.25) is 5.91 Å². The highest BCUT2D eigenvalue weighted by Gasteiger charge is 2.23. The highest BCUT2D eigenvalue weighted by Crippen LogP contribution is 2.33. The van der Waals surface area contributed by atoms with Crippen LogP contribution in [-0.2, 0) is 11.2 Å². The SMILES string of the molecule is COc1ccc2c(c1)CC(CC(=O)Nc1ccc(-c3cnco3)c(OC)c1)CO2. The van der Waals surface area contributed by atoms with Crippen molar-refractivity contribution in [3.05, 3.63) is 54.6 Å². The van der Waals surface area contributed by atoms with E-state index in [1.54, 1.807) is 26.5 Å². The maximum absolute atomic E-state index is 12.6. The quantitative estimate of drug-likeness (QED) is 0.682. The van der Waals surface area contributed by atoms with E-state index >= 15 is 0 Å². The molecule has 0 bridgehead atoms. The minimum Gasteiger partial charge on any atom is -0.497 e. The second kappa shape index (κ2) is 8.26. The van der Waals surface area contributed by atoms with Crippen LogP contribution in [0, 0.1) is 5.92 Å². The molecule has 0 fully saturated rings. The van der Waals surface area contributed by atoms with E-state index < -0.39 is 0 Å². The molecule has 1 unspecified atom stereocenters. The fourth-order valence-electron chi connectivity index (χ4n) is 3.49. The lowest BCUT2D eigenvalue weighted by Gasteiger charge is -2.25. The van der Waals surface area contributed by atoms with Crippen molar-refractivity contribution in [1.82, 2.24) is 4.98 Å². The van der Waals surface area contributed by atoms with E-state index in [2.05, 4.69) is 10.3 Å². The summed E-state index contributed by atoms with van der Waals surface area (Å²) in [6.45, 7) is 0.514. The van der Waals surface area contributed by atoms with E-state index in [9.17, 15) is 4.79 Å². The van der Waals surface area contributed by atoms with Gasteiger partial charge in [-0.2, -0.15) is 0 Å². The van der Waals surface area contributed by atoms with Crippen LogP contribution in [0.4, 0.5) is 5.69 Å². The summed E-state index contributed by atoms with van der Waals surface area (Å²) in [6, 6.07) is 11.2. The van der Waals surface area contributed by atoms with Crippen molar-refractivity contribution >= 4 is 11.6 Å². The van der Waals surface area contributed by atoms with Gasteiger partial charge in [0, 0.05) is 24.1 Å². The monoisotopic (exact) mass is 394 g/mol. The third kappa shape index (κ3) is 4.18. The Hall–Kier alpha value is -3.48. The van der Waals surface area contributed by atoms with E-state index in [1.807, 2.05) is 30.3 Å². The lowest BCUT2D eigenvalue weighted by Crippen LogP contribution is -2.26. The molecule has 1 aliphatic heterocycles. The second-order valence-corrected chi connectivity index (χ2v) is 6.89. The van der Waals surface area contributed by atoms with E-state index in [1.165, 1.54) is 6.39 Å². The van der Waals surface area contributed by atoms with Gasteiger partial charge in [0.05, 0.1) is 32.6 Å². The van der Waals surface area contributed by atoms with Gasteiger partial charge >= 0.3 is 0 Å². The smallest absolute Gasteiger partial charge is 0.224 e. The molecule has 2 heterocycles. The van der Waals surface area contributed by atoms with Gasteiger partial charge in [-0.15, -0.1) is 0 Å². The number of fused-ring (bicyclic) bond motifs is 1. The molecule has 2 aromatic carbocycles. The Morgan fingerprint density at radius 3 is 2.86 bits per heavy atom. The minimum atomic E-state index is -0.0700. The van der Waals surface area contributed by atoms with E-state index in [0.717, 1.165) is 29.0 Å². The van der Waals surface area contributed by atoms with Crippen LogP contribution in [0.1, 0.15) is 12.0 Å². The molecule has 1 aliphatic rings. The van der Waals surface area contributed by atoms with Crippen molar-refractivity contribution in [3.63, 3.8) is 0 Å². The molecule has 0 aliphatic carbocycles. The summed E-state index contributed by atoms with van der Waals surface area (Å²) in [5.74, 6) is 2.88. The average Bonchev–Trinajstić information content (AvgIpc) is 3.27. The Bertz CT molecular complexity index is 1000. The molecule has 7 heteroatoms. The normalized spacial score (nSPS) is 15.2. The molecule has 0 saturated heterocycles. The number of oxazole rings is 1. The first-order chi connectivity index (χ1) is 14.2. The summed E-state index contributed by atoms with van der Waals surface area (Å²) in [5.41, 5.74) is 2.50. The molecule has 4 rings (SSSR count). The zero-order valence-electron chi connectivity index (χ0n) is 16.3. The van der Waals surface area contributed by atoms with Gasteiger partial charge in [-0.1, -0.05) is 0 Å². The first kappa shape index (κ1) is 18.9. The lowest BCUT2D eigenvalue weighted by molar-refractivity contribution is -0.117. The summed E-state index contributed by atoms with van der Waals surface area (Å²) in [7, 11) is 3.21. The zero-order valence-corrected chi connectivity index (χ0v) is 16.3. The first-order valence-corrected chi connectivity index (χ1v) is 9.32. The number of hydrogen-bond acceptors (Lipinski definition) is 6. The molecule has 29 heavy (non-hydrogen) atoms. The molecule has 0 radical (unpaired) electrons. The Balaban J connectivity index is 1.41. The number of anilines is 1. The van der Waals surface area contributed by atoms with Crippen molar-refractivity contribution in [1.29, 1.82) is 0 Å². The number of aromatic nitrogens is 1. The van der Waals surface area contributed by atoms with Crippen molar-refractivity contribution in [2.45, 2.75) is 12.8 Å². The third-order valence-corrected chi connectivity index (χ3v) is 4.91. The Labute approximate surface area is 168 Å². The number of nitrogens with zero attached hydrogens (tertiary/aromatic N) is 1. The van der Waals surface area contributed by atoms with Crippen molar-refractivity contribution < 1.29 is 23.4 Å². The Morgan fingerprint density at radius 2 is 2.10 bits per heavy atom. The molecular formula is C22H22N2O5. The summed E-state index contributed by atoms with van der Waals surface area (Å²) in [6.07, 6.45) is 4.12. The van der Waals surface area contributed by atoms with Gasteiger partial charge in [0.1, 0.15) is 17.2 Å². The number of hydrogen-bond donors (Lipinski definition) is 1. The molecule has 1 N–H and O–H groups in total. The number of rotatable bonds is 6. The molecule has 0 saturated carbocycles. The van der Waals surface area contributed by atoms with Crippen LogP contribution < -0.4 is 19.5 Å². The maximum atomic E-state index is 12.6. The topological polar surface area (TPSA) is 82.8 Å². The molecule has 1 amide bonds. The van der Waals surface area contributed by atoms with Gasteiger partial charge in [-0.25, -0.2) is 4.98 Å². The van der Waals surface area contributed by atoms with Crippen LogP contribution >= 0.6 is 0 Å². The summed E-state index contributed by atoms with van der Waals surface area (Å²) >= 11 is 0. The zero-order chi connectivity index (χ0) is 20.2. The van der Waals surface area contributed by atoms with E-state index in [4.69, 9.17) is 18.6 Å². The third-order valence-electron chi connectivity index (χ3n) is 4.91. The van der Waals surface area contributed by atoms with Gasteiger partial charge in [0.15, 0.2) is 12.2 Å². The number of carbonyl (C=O) groups is 1. The van der Waals surface area contributed by atoms with Crippen LogP contribution in [0.15, 0.2) is 53.4 Å². The van der Waals surface area contributed by atoms with Crippen LogP contribution in [0.2, 0.25) is 0 Å². The fourth-order valence-corrected chi connectivity index (χ4v) is 3.49. The Kier molecular flexibility index (Phi) is 5.37. The van der Waals surface area contributed by atoms with Crippen molar-refractivity contribution in [2.24, 2.45) is 5.92 Å². The number of carbonyl (C=O) groups excluding carboxylic acids is 1. The van der Waals surface area contributed by atoms with Crippen LogP contribution in [-0.4, -0.2) is 31.7 Å². The fraction of sp³-hybridized carbons (Fsp3) is 0.273. The van der Waals surface area contributed by atoms with Crippen molar-refractivity contribution in [2.75, 3.05) is 26.1 Å². The first-order valence-electron chi connectivity index (χ1n) is 9.32. The van der Waals surface area contributed by atoms with Crippen molar-refractivity contribution in [3.8, 4) is 28.6 Å². The minimum absolute atomic E-state index is 0.0700. The molecule has 7 nitrogen and oxygen atoms in total. The number of nitrogens with one attached hydrogen (secondary N) is 1. The van der Waals surface area contributed by atoms with Gasteiger partial charge in [-0.3, -0.25) is 4.79 Å². The number of ether oxygens (including phenoxy) is 3. The number of methoxy groups -OCH3 is 2. The molecule has 1 aromatic heterocycles. The summed E-state index contributed by atoms with van der Waals surface area (Å²) in [4.78, 5) is 16.5. The average molecular weight is 394 g/mol. The van der Waals surface area contributed by atoms with Crippen LogP contribution in [0.3, 0.4) is 0 Å². The molecule has 1 atom stereocenters. The second-order valence-electron chi connectivity index (χ2n) is 6.89. The highest BCUT2D eigenvalue weighted by molar-refractivity contribution is 5.91. The lowest BCUT2D eigenvalue weighted by atomic mass is 9.93. The predicted molar refractivity (Wildman–Crippen MR) is 107 cm³/mol. The Morgan fingerprint density at radius 1 is 1.21 bits per heavy atom. The number of benzene rings is 2. The van der Waals surface area contributed by atoms with Gasteiger partial charge in [-0.05, 0) is 42.3 Å². The van der Waals surface area contributed by atoms with E-state index in [-0.39, 0.29) is 11.8 Å². The predicted octanol–water partition coefficient (Wildman–Crippen LogP) is 3.94. The molecule has 150 valence electrons. The van der Waals surface area contributed by atoms with Crippen LogP contribution in [0.5, 0.6) is 17.2 Å². The summed E-state index contributed by atoms with van der Waals surface area (Å²) < 4.78 is 21.8. The maximum Gasteiger partial charge on any atom is 0.224 e. The highest BCUT2D eigenvalue weighted by atomic mass is 16.5. The van der Waals surface area contributed by atoms with Gasteiger partial charge in [0.25, 0.3) is 0 Å².